The van der Waals surface area contributed by atoms with Crippen LogP contribution in [0.15, 0.2) is 41.6 Å². The summed E-state index contributed by atoms with van der Waals surface area (Å²) in [6, 6.07) is 11.1. The molecule has 2 aromatic carbocycles. The van der Waals surface area contributed by atoms with Crippen LogP contribution in [-0.4, -0.2) is 17.3 Å². The number of carbonyl (C=O) groups is 1. The van der Waals surface area contributed by atoms with Crippen LogP contribution < -0.4 is 5.32 Å². The summed E-state index contributed by atoms with van der Waals surface area (Å²) in [4.78, 5) is 11.2. The molecule has 0 aromatic heterocycles. The maximum Gasteiger partial charge on any atom is 0.270 e. The summed E-state index contributed by atoms with van der Waals surface area (Å²) in [5.74, 6) is -0.537. The van der Waals surface area contributed by atoms with E-state index < -0.39 is 5.91 Å². The van der Waals surface area contributed by atoms with Gasteiger partial charge in [-0.05, 0) is 11.5 Å². The third kappa shape index (κ3) is 2.37. The average molecular weight is 249 g/mol. The molecule has 0 aliphatic heterocycles. The van der Waals surface area contributed by atoms with Gasteiger partial charge in [0.05, 0.1) is 10.7 Å². The lowest BCUT2D eigenvalue weighted by Gasteiger charge is -2.07. The lowest BCUT2D eigenvalue weighted by atomic mass is 10.1. The minimum absolute atomic E-state index is 0.461. The zero-order valence-electron chi connectivity index (χ0n) is 8.72. The Morgan fingerprint density at radius 3 is 2.82 bits per heavy atom. The largest absolute Gasteiger partial charge is 0.411 e. The van der Waals surface area contributed by atoms with Crippen molar-refractivity contribution in [3.8, 4) is 0 Å². The van der Waals surface area contributed by atoms with Crippen LogP contribution in [0.2, 0.25) is 5.02 Å². The summed E-state index contributed by atoms with van der Waals surface area (Å²) in [6.07, 6.45) is 0.769. The number of carbonyl (C=O) groups excluding carboxylic acids is 1. The Balaban J connectivity index is 2.42. The zero-order valence-corrected chi connectivity index (χ0v) is 9.48. The van der Waals surface area contributed by atoms with E-state index in [4.69, 9.17) is 16.8 Å². The van der Waals surface area contributed by atoms with Gasteiger partial charge in [0, 0.05) is 5.39 Å². The molecule has 0 fully saturated rings. The second kappa shape index (κ2) is 4.84. The van der Waals surface area contributed by atoms with Gasteiger partial charge in [0.2, 0.25) is 0 Å². The van der Waals surface area contributed by atoms with Crippen LogP contribution in [0.25, 0.3) is 10.8 Å². The Morgan fingerprint density at radius 1 is 1.29 bits per heavy atom. The molecule has 4 nitrogen and oxygen atoms in total. The standard InChI is InChI=1S/C12H9ClN2O2/c13-12-9-4-2-1-3-8(9)5-6-10(12)15-11(16)7-14-17/h1-7,17H,(H,15,16)/b14-7-. The van der Waals surface area contributed by atoms with Crippen LogP contribution in [0.4, 0.5) is 5.69 Å². The minimum Gasteiger partial charge on any atom is -0.411 e. The first-order valence-corrected chi connectivity index (χ1v) is 5.26. The molecule has 1 amide bonds. The summed E-state index contributed by atoms with van der Waals surface area (Å²) in [7, 11) is 0. The fourth-order valence-corrected chi connectivity index (χ4v) is 1.83. The van der Waals surface area contributed by atoms with Crippen LogP contribution in [0.3, 0.4) is 0 Å². The molecule has 0 heterocycles. The van der Waals surface area contributed by atoms with Gasteiger partial charge in [-0.1, -0.05) is 47.1 Å². The maximum atomic E-state index is 11.2. The van der Waals surface area contributed by atoms with Gasteiger partial charge in [-0.3, -0.25) is 4.79 Å². The number of nitrogens with one attached hydrogen (secondary N) is 1. The highest BCUT2D eigenvalue weighted by Gasteiger charge is 2.07. The van der Waals surface area contributed by atoms with Crippen molar-refractivity contribution in [1.29, 1.82) is 0 Å². The number of amides is 1. The number of hydrogen-bond donors (Lipinski definition) is 2. The normalized spacial score (nSPS) is 10.9. The molecule has 2 aromatic rings. The summed E-state index contributed by atoms with van der Waals surface area (Å²) in [5, 5.41) is 15.7. The van der Waals surface area contributed by atoms with Crippen molar-refractivity contribution >= 4 is 40.2 Å². The van der Waals surface area contributed by atoms with Crippen molar-refractivity contribution in [1.82, 2.24) is 0 Å². The zero-order chi connectivity index (χ0) is 12.3. The molecule has 0 unspecified atom stereocenters. The minimum atomic E-state index is -0.537. The Kier molecular flexibility index (Phi) is 3.25. The maximum absolute atomic E-state index is 11.2. The molecule has 86 valence electrons. The lowest BCUT2D eigenvalue weighted by molar-refractivity contribution is -0.110. The van der Waals surface area contributed by atoms with E-state index in [9.17, 15) is 4.79 Å². The van der Waals surface area contributed by atoms with Gasteiger partial charge in [-0.25, -0.2) is 0 Å². The third-order valence-electron chi connectivity index (χ3n) is 2.30. The molecule has 0 radical (unpaired) electrons. The van der Waals surface area contributed by atoms with Crippen molar-refractivity contribution in [2.45, 2.75) is 0 Å². The van der Waals surface area contributed by atoms with Gasteiger partial charge >= 0.3 is 0 Å². The van der Waals surface area contributed by atoms with Crippen LogP contribution in [0.5, 0.6) is 0 Å². The first-order chi connectivity index (χ1) is 8.22. The van der Waals surface area contributed by atoms with Gasteiger partial charge < -0.3 is 10.5 Å². The molecule has 0 aliphatic carbocycles. The molecule has 0 aliphatic rings. The van der Waals surface area contributed by atoms with E-state index in [2.05, 4.69) is 10.5 Å². The molecule has 0 bridgehead atoms. The fraction of sp³-hybridized carbons (Fsp3) is 0. The van der Waals surface area contributed by atoms with E-state index >= 15 is 0 Å². The first-order valence-electron chi connectivity index (χ1n) is 4.88. The molecule has 0 saturated heterocycles. The summed E-state index contributed by atoms with van der Waals surface area (Å²) >= 11 is 6.16. The monoisotopic (exact) mass is 248 g/mol. The predicted molar refractivity (Wildman–Crippen MR) is 67.9 cm³/mol. The second-order valence-corrected chi connectivity index (χ2v) is 3.76. The lowest BCUT2D eigenvalue weighted by Crippen LogP contribution is -2.12. The van der Waals surface area contributed by atoms with Crippen molar-refractivity contribution in [3.05, 3.63) is 41.4 Å². The number of benzene rings is 2. The predicted octanol–water partition coefficient (Wildman–Crippen LogP) is 2.89. The summed E-state index contributed by atoms with van der Waals surface area (Å²) in [6.45, 7) is 0. The number of oxime groups is 1. The van der Waals surface area contributed by atoms with E-state index in [1.165, 1.54) is 0 Å². The molecular weight excluding hydrogens is 240 g/mol. The van der Waals surface area contributed by atoms with Crippen molar-refractivity contribution < 1.29 is 10.0 Å². The topological polar surface area (TPSA) is 61.7 Å². The van der Waals surface area contributed by atoms with Crippen LogP contribution >= 0.6 is 11.6 Å². The Morgan fingerprint density at radius 2 is 2.06 bits per heavy atom. The van der Waals surface area contributed by atoms with Gasteiger partial charge in [-0.2, -0.15) is 0 Å². The van der Waals surface area contributed by atoms with Gasteiger partial charge in [-0.15, -0.1) is 0 Å². The number of halogens is 1. The van der Waals surface area contributed by atoms with E-state index in [1.54, 1.807) is 6.07 Å². The molecular formula is C12H9ClN2O2. The van der Waals surface area contributed by atoms with Crippen LogP contribution in [0, 0.1) is 0 Å². The van der Waals surface area contributed by atoms with E-state index in [0.29, 0.717) is 10.7 Å². The number of nitrogens with zero attached hydrogens (tertiary/aromatic N) is 1. The van der Waals surface area contributed by atoms with Crippen molar-refractivity contribution in [2.75, 3.05) is 5.32 Å². The molecule has 5 heteroatoms. The highest BCUT2D eigenvalue weighted by Crippen LogP contribution is 2.30. The van der Waals surface area contributed by atoms with Crippen LogP contribution in [0.1, 0.15) is 0 Å². The van der Waals surface area contributed by atoms with Gasteiger partial charge in [0.25, 0.3) is 5.91 Å². The third-order valence-corrected chi connectivity index (χ3v) is 2.70. The highest BCUT2D eigenvalue weighted by molar-refractivity contribution is 6.40. The quantitative estimate of drug-likeness (QED) is 0.488. The smallest absolute Gasteiger partial charge is 0.270 e. The highest BCUT2D eigenvalue weighted by atomic mass is 35.5. The number of anilines is 1. The number of fused-ring (bicyclic) bond motifs is 1. The molecule has 0 atom stereocenters. The second-order valence-electron chi connectivity index (χ2n) is 3.38. The number of hydrogen-bond acceptors (Lipinski definition) is 3. The summed E-state index contributed by atoms with van der Waals surface area (Å²) in [5.41, 5.74) is 0.482. The Labute approximate surface area is 103 Å². The van der Waals surface area contributed by atoms with Crippen LogP contribution in [-0.2, 0) is 4.79 Å². The number of rotatable bonds is 2. The average Bonchev–Trinajstić information content (AvgIpc) is 2.33. The Bertz CT molecular complexity index is 596. The van der Waals surface area contributed by atoms with E-state index in [0.717, 1.165) is 17.0 Å². The Hall–Kier alpha value is -2.07. The molecule has 0 spiro atoms. The summed E-state index contributed by atoms with van der Waals surface area (Å²) < 4.78 is 0. The molecule has 2 N–H and O–H groups in total. The van der Waals surface area contributed by atoms with Crippen molar-refractivity contribution in [2.24, 2.45) is 5.16 Å². The van der Waals surface area contributed by atoms with Gasteiger partial charge in [0.1, 0.15) is 6.21 Å². The van der Waals surface area contributed by atoms with Crippen molar-refractivity contribution in [3.63, 3.8) is 0 Å². The van der Waals surface area contributed by atoms with E-state index in [-0.39, 0.29) is 0 Å². The van der Waals surface area contributed by atoms with E-state index in [1.807, 2.05) is 30.3 Å². The fourth-order valence-electron chi connectivity index (χ4n) is 1.55. The molecule has 0 saturated carbocycles. The SMILES string of the molecule is O=C(/C=N\O)Nc1ccc2ccccc2c1Cl. The molecule has 17 heavy (non-hydrogen) atoms. The first kappa shape index (κ1) is 11.4. The van der Waals surface area contributed by atoms with Gasteiger partial charge in [0.15, 0.2) is 0 Å². The molecule has 2 rings (SSSR count).